The summed E-state index contributed by atoms with van der Waals surface area (Å²) in [6.07, 6.45) is 6.86. The maximum absolute atomic E-state index is 12.3. The largest absolute Gasteiger partial charge is 0.319 e. The highest BCUT2D eigenvalue weighted by Crippen LogP contribution is 2.22. The van der Waals surface area contributed by atoms with E-state index in [1.807, 2.05) is 60.6 Å². The van der Waals surface area contributed by atoms with Crippen LogP contribution in [0.4, 0.5) is 5.69 Å². The number of benzene rings is 1. The molecule has 27 heavy (non-hydrogen) atoms. The van der Waals surface area contributed by atoms with Crippen LogP contribution in [-0.2, 0) is 17.9 Å². The first-order valence-corrected chi connectivity index (χ1v) is 9.14. The third kappa shape index (κ3) is 4.46. The molecule has 0 atom stereocenters. The number of aromatic nitrogens is 4. The molecule has 1 aromatic carbocycles. The lowest BCUT2D eigenvalue weighted by Crippen LogP contribution is -2.10. The van der Waals surface area contributed by atoms with Gasteiger partial charge in [-0.15, -0.1) is 0 Å². The topological polar surface area (TPSA) is 64.7 Å². The van der Waals surface area contributed by atoms with E-state index in [4.69, 9.17) is 11.6 Å². The number of carbonyl (C=O) groups is 1. The van der Waals surface area contributed by atoms with Crippen LogP contribution in [0.5, 0.6) is 0 Å². The van der Waals surface area contributed by atoms with E-state index in [0.29, 0.717) is 11.6 Å². The number of anilines is 1. The molecule has 0 aliphatic heterocycles. The Labute approximate surface area is 163 Å². The summed E-state index contributed by atoms with van der Waals surface area (Å²) in [4.78, 5) is 12.3. The van der Waals surface area contributed by atoms with Gasteiger partial charge in [0.15, 0.2) is 0 Å². The molecule has 0 bridgehead atoms. The van der Waals surface area contributed by atoms with Crippen molar-refractivity contribution in [2.45, 2.75) is 33.9 Å². The highest BCUT2D eigenvalue weighted by molar-refractivity contribution is 6.31. The van der Waals surface area contributed by atoms with E-state index in [2.05, 4.69) is 15.5 Å². The fourth-order valence-electron chi connectivity index (χ4n) is 2.80. The molecule has 0 fully saturated rings. The van der Waals surface area contributed by atoms with Gasteiger partial charge in [0.2, 0.25) is 5.91 Å². The van der Waals surface area contributed by atoms with Gasteiger partial charge in [-0.05, 0) is 38.5 Å². The minimum Gasteiger partial charge on any atom is -0.319 e. The highest BCUT2D eigenvalue weighted by Gasteiger charge is 2.14. The lowest BCUT2D eigenvalue weighted by Gasteiger charge is -2.07. The third-order valence-corrected chi connectivity index (χ3v) is 4.68. The van der Waals surface area contributed by atoms with Crippen molar-refractivity contribution in [2.24, 2.45) is 0 Å². The molecule has 0 aliphatic carbocycles. The first-order valence-electron chi connectivity index (χ1n) is 8.77. The van der Waals surface area contributed by atoms with E-state index in [0.717, 1.165) is 34.7 Å². The molecule has 0 spiro atoms. The molecule has 3 rings (SSSR count). The van der Waals surface area contributed by atoms with Crippen molar-refractivity contribution in [3.63, 3.8) is 0 Å². The van der Waals surface area contributed by atoms with Crippen LogP contribution in [0.3, 0.4) is 0 Å². The van der Waals surface area contributed by atoms with Crippen molar-refractivity contribution >= 4 is 29.3 Å². The molecule has 0 unspecified atom stereocenters. The Balaban J connectivity index is 1.72. The van der Waals surface area contributed by atoms with Crippen LogP contribution in [0.15, 0.2) is 42.7 Å². The SMILES string of the molecule is CCn1cc(/C=C/C(=O)Nc2c(C)nn(Cc3ccccc3Cl)c2C)cn1. The van der Waals surface area contributed by atoms with Gasteiger partial charge in [-0.3, -0.25) is 14.2 Å². The van der Waals surface area contributed by atoms with Crippen molar-refractivity contribution < 1.29 is 4.79 Å². The van der Waals surface area contributed by atoms with Gasteiger partial charge in [-0.1, -0.05) is 29.8 Å². The van der Waals surface area contributed by atoms with Crippen LogP contribution in [0, 0.1) is 13.8 Å². The van der Waals surface area contributed by atoms with E-state index in [1.165, 1.54) is 6.08 Å². The summed E-state index contributed by atoms with van der Waals surface area (Å²) in [5, 5.41) is 12.3. The van der Waals surface area contributed by atoms with Gasteiger partial charge in [0, 0.05) is 29.4 Å². The Bertz CT molecular complexity index is 986. The second-order valence-corrected chi connectivity index (χ2v) is 6.65. The molecule has 140 valence electrons. The van der Waals surface area contributed by atoms with Gasteiger partial charge in [-0.25, -0.2) is 0 Å². The summed E-state index contributed by atoms with van der Waals surface area (Å²) >= 11 is 6.24. The van der Waals surface area contributed by atoms with Crippen LogP contribution in [0.1, 0.15) is 29.4 Å². The molecule has 1 N–H and O–H groups in total. The van der Waals surface area contributed by atoms with Gasteiger partial charge >= 0.3 is 0 Å². The van der Waals surface area contributed by atoms with Gasteiger partial charge < -0.3 is 5.32 Å². The van der Waals surface area contributed by atoms with E-state index >= 15 is 0 Å². The average Bonchev–Trinajstić information content (AvgIpc) is 3.22. The summed E-state index contributed by atoms with van der Waals surface area (Å²) in [5.41, 5.74) is 4.24. The van der Waals surface area contributed by atoms with Crippen molar-refractivity contribution in [3.8, 4) is 0 Å². The number of carbonyl (C=O) groups excluding carboxylic acids is 1. The van der Waals surface area contributed by atoms with Crippen LogP contribution < -0.4 is 5.32 Å². The zero-order valence-electron chi connectivity index (χ0n) is 15.6. The molecule has 2 aromatic heterocycles. The number of halogens is 1. The Morgan fingerprint density at radius 2 is 2.07 bits per heavy atom. The van der Waals surface area contributed by atoms with Crippen LogP contribution in [0.25, 0.3) is 6.08 Å². The molecule has 7 heteroatoms. The Kier molecular flexibility index (Phi) is 5.76. The normalized spacial score (nSPS) is 11.3. The summed E-state index contributed by atoms with van der Waals surface area (Å²) in [6, 6.07) is 7.67. The lowest BCUT2D eigenvalue weighted by molar-refractivity contribution is -0.111. The smallest absolute Gasteiger partial charge is 0.248 e. The highest BCUT2D eigenvalue weighted by atomic mass is 35.5. The van der Waals surface area contributed by atoms with Gasteiger partial charge in [0.05, 0.1) is 29.8 Å². The number of aryl methyl sites for hydroxylation is 2. The van der Waals surface area contributed by atoms with Gasteiger partial charge in [0.25, 0.3) is 0 Å². The van der Waals surface area contributed by atoms with Crippen molar-refractivity contribution in [2.75, 3.05) is 5.32 Å². The Morgan fingerprint density at radius 3 is 2.78 bits per heavy atom. The van der Waals surface area contributed by atoms with Gasteiger partial charge in [-0.2, -0.15) is 10.2 Å². The monoisotopic (exact) mass is 383 g/mol. The Hall–Kier alpha value is -2.86. The molecule has 0 saturated carbocycles. The molecule has 6 nitrogen and oxygen atoms in total. The fraction of sp³-hybridized carbons (Fsp3) is 0.250. The fourth-order valence-corrected chi connectivity index (χ4v) is 2.99. The summed E-state index contributed by atoms with van der Waals surface area (Å²) in [5.74, 6) is -0.206. The molecular formula is C20H22ClN5O. The second kappa shape index (κ2) is 8.22. The predicted molar refractivity (Wildman–Crippen MR) is 108 cm³/mol. The molecular weight excluding hydrogens is 362 g/mol. The third-order valence-electron chi connectivity index (χ3n) is 4.31. The zero-order chi connectivity index (χ0) is 19.4. The number of hydrogen-bond donors (Lipinski definition) is 1. The molecule has 0 saturated heterocycles. The predicted octanol–water partition coefficient (Wildman–Crippen LogP) is 4.07. The number of rotatable bonds is 6. The van der Waals surface area contributed by atoms with Crippen LogP contribution in [0.2, 0.25) is 5.02 Å². The first-order chi connectivity index (χ1) is 13.0. The van der Waals surface area contributed by atoms with Gasteiger partial charge in [0.1, 0.15) is 0 Å². The average molecular weight is 384 g/mol. The first kappa shape index (κ1) is 18.9. The maximum Gasteiger partial charge on any atom is 0.248 e. The zero-order valence-corrected chi connectivity index (χ0v) is 16.4. The Morgan fingerprint density at radius 1 is 1.30 bits per heavy atom. The second-order valence-electron chi connectivity index (χ2n) is 6.25. The van der Waals surface area contributed by atoms with Crippen molar-refractivity contribution in [1.82, 2.24) is 19.6 Å². The van der Waals surface area contributed by atoms with E-state index in [1.54, 1.807) is 12.3 Å². The maximum atomic E-state index is 12.3. The van der Waals surface area contributed by atoms with E-state index in [9.17, 15) is 4.79 Å². The van der Waals surface area contributed by atoms with Crippen LogP contribution >= 0.6 is 11.6 Å². The number of nitrogens with zero attached hydrogens (tertiary/aromatic N) is 4. The molecule has 3 aromatic rings. The number of amides is 1. The quantitative estimate of drug-likeness (QED) is 0.652. The molecule has 1 amide bonds. The lowest BCUT2D eigenvalue weighted by atomic mass is 10.2. The van der Waals surface area contributed by atoms with E-state index < -0.39 is 0 Å². The van der Waals surface area contributed by atoms with E-state index in [-0.39, 0.29) is 5.91 Å². The van der Waals surface area contributed by atoms with Crippen LogP contribution in [-0.4, -0.2) is 25.5 Å². The summed E-state index contributed by atoms with van der Waals surface area (Å²) in [6.45, 7) is 7.17. The standard InChI is InChI=1S/C20H22ClN5O/c1-4-25-12-16(11-22-25)9-10-19(27)23-20-14(2)24-26(15(20)3)13-17-7-5-6-8-18(17)21/h5-12H,4,13H2,1-3H3,(H,23,27)/b10-9+. The minimum absolute atomic E-state index is 0.206. The minimum atomic E-state index is -0.206. The molecule has 0 aliphatic rings. The summed E-state index contributed by atoms with van der Waals surface area (Å²) in [7, 11) is 0. The van der Waals surface area contributed by atoms with Crippen molar-refractivity contribution in [1.29, 1.82) is 0 Å². The number of hydrogen-bond acceptors (Lipinski definition) is 3. The molecule has 0 radical (unpaired) electrons. The summed E-state index contributed by atoms with van der Waals surface area (Å²) < 4.78 is 3.66. The number of nitrogens with one attached hydrogen (secondary N) is 1. The van der Waals surface area contributed by atoms with Crippen molar-refractivity contribution in [3.05, 3.63) is 70.3 Å². The molecule has 2 heterocycles.